The Balaban J connectivity index is 1.76. The molecule has 0 saturated heterocycles. The molecule has 158 valence electrons. The minimum absolute atomic E-state index is 0.0103. The second kappa shape index (κ2) is 8.78. The molecule has 2 N–H and O–H groups in total. The van der Waals surface area contributed by atoms with E-state index in [0.29, 0.717) is 17.9 Å². The lowest BCUT2D eigenvalue weighted by Gasteiger charge is -2.10. The van der Waals surface area contributed by atoms with Crippen molar-refractivity contribution in [3.8, 4) is 11.9 Å². The third kappa shape index (κ3) is 4.66. The van der Waals surface area contributed by atoms with Gasteiger partial charge in [0.1, 0.15) is 5.69 Å². The Morgan fingerprint density at radius 3 is 2.47 bits per heavy atom. The molecule has 0 unspecified atom stereocenters. The number of aryl methyl sites for hydroxylation is 1. The van der Waals surface area contributed by atoms with Crippen molar-refractivity contribution in [1.29, 1.82) is 0 Å². The average molecular weight is 432 g/mol. The molecule has 0 atom stereocenters. The molecule has 0 aliphatic heterocycles. The third-order valence-electron chi connectivity index (χ3n) is 3.98. The summed E-state index contributed by atoms with van der Waals surface area (Å²) in [6.07, 6.45) is 1.54. The van der Waals surface area contributed by atoms with Gasteiger partial charge in [-0.05, 0) is 37.3 Å². The van der Waals surface area contributed by atoms with Crippen molar-refractivity contribution in [2.75, 3.05) is 24.3 Å². The number of methoxy groups -OCH3 is 2. The molecule has 2 heterocycles. The van der Waals surface area contributed by atoms with Gasteiger partial charge in [-0.3, -0.25) is 14.2 Å². The van der Waals surface area contributed by atoms with Gasteiger partial charge in [0.2, 0.25) is 5.88 Å². The summed E-state index contributed by atoms with van der Waals surface area (Å²) in [5.41, 5.74) is 0.843. The van der Waals surface area contributed by atoms with Crippen molar-refractivity contribution in [1.82, 2.24) is 19.7 Å². The van der Waals surface area contributed by atoms with Gasteiger partial charge in [-0.25, -0.2) is 8.42 Å². The first-order valence-electron chi connectivity index (χ1n) is 8.79. The van der Waals surface area contributed by atoms with Crippen LogP contribution in [0, 0.1) is 0 Å². The van der Waals surface area contributed by atoms with Crippen molar-refractivity contribution in [3.63, 3.8) is 0 Å². The van der Waals surface area contributed by atoms with E-state index >= 15 is 0 Å². The number of carbonyl (C=O) groups is 1. The van der Waals surface area contributed by atoms with Gasteiger partial charge in [-0.2, -0.15) is 15.1 Å². The maximum Gasteiger partial charge on any atom is 0.321 e. The van der Waals surface area contributed by atoms with E-state index in [1.54, 1.807) is 10.7 Å². The monoisotopic (exact) mass is 432 g/mol. The lowest BCUT2D eigenvalue weighted by atomic mass is 10.3. The highest BCUT2D eigenvalue weighted by molar-refractivity contribution is 7.92. The number of benzene rings is 1. The standard InChI is InChI=1S/C18H20N6O5S/c1-4-24-14(9-10-19-24)17(25)20-12-5-7-13(8-6-12)30(26,27)23-15-11-16(28-2)22-18(21-15)29-3/h5-11H,4H2,1-3H3,(H,20,25)(H,21,22,23). The minimum atomic E-state index is -3.94. The Morgan fingerprint density at radius 1 is 1.10 bits per heavy atom. The molecule has 30 heavy (non-hydrogen) atoms. The number of amides is 1. The molecule has 12 heteroatoms. The zero-order valence-electron chi connectivity index (χ0n) is 16.5. The van der Waals surface area contributed by atoms with Crippen LogP contribution in [0.1, 0.15) is 17.4 Å². The van der Waals surface area contributed by atoms with Gasteiger partial charge in [0, 0.05) is 24.5 Å². The van der Waals surface area contributed by atoms with Crippen molar-refractivity contribution < 1.29 is 22.7 Å². The van der Waals surface area contributed by atoms with E-state index in [9.17, 15) is 13.2 Å². The topological polar surface area (TPSA) is 137 Å². The summed E-state index contributed by atoms with van der Waals surface area (Å²) in [7, 11) is -1.20. The average Bonchev–Trinajstić information content (AvgIpc) is 3.22. The third-order valence-corrected chi connectivity index (χ3v) is 5.35. The Hall–Kier alpha value is -3.67. The van der Waals surface area contributed by atoms with Crippen LogP contribution in [0.25, 0.3) is 0 Å². The lowest BCUT2D eigenvalue weighted by Crippen LogP contribution is -2.18. The smallest absolute Gasteiger partial charge is 0.321 e. The normalized spacial score (nSPS) is 11.0. The molecule has 0 aliphatic carbocycles. The molecule has 1 aromatic carbocycles. The molecule has 11 nitrogen and oxygen atoms in total. The minimum Gasteiger partial charge on any atom is -0.481 e. The summed E-state index contributed by atoms with van der Waals surface area (Å²) in [5, 5.41) is 6.76. The van der Waals surface area contributed by atoms with Crippen LogP contribution in [0.4, 0.5) is 11.5 Å². The number of anilines is 2. The summed E-state index contributed by atoms with van der Waals surface area (Å²) < 4.78 is 39.1. The summed E-state index contributed by atoms with van der Waals surface area (Å²) in [6, 6.07) is 8.59. The molecule has 2 aromatic heterocycles. The number of hydrogen-bond acceptors (Lipinski definition) is 8. The second-order valence-corrected chi connectivity index (χ2v) is 7.58. The molecular formula is C18H20N6O5S. The molecule has 0 bridgehead atoms. The van der Waals surface area contributed by atoms with Crippen LogP contribution in [0.2, 0.25) is 0 Å². The Kier molecular flexibility index (Phi) is 6.16. The highest BCUT2D eigenvalue weighted by atomic mass is 32.2. The first-order valence-corrected chi connectivity index (χ1v) is 10.3. The molecule has 0 spiro atoms. The first-order chi connectivity index (χ1) is 14.4. The summed E-state index contributed by atoms with van der Waals surface area (Å²) in [5.74, 6) is -0.212. The fraction of sp³-hybridized carbons (Fsp3) is 0.222. The predicted molar refractivity (Wildman–Crippen MR) is 108 cm³/mol. The Labute approximate surface area is 173 Å². The fourth-order valence-electron chi connectivity index (χ4n) is 2.54. The highest BCUT2D eigenvalue weighted by Crippen LogP contribution is 2.21. The lowest BCUT2D eigenvalue weighted by molar-refractivity contribution is 0.101. The van der Waals surface area contributed by atoms with E-state index in [2.05, 4.69) is 25.1 Å². The van der Waals surface area contributed by atoms with Gasteiger partial charge in [0.25, 0.3) is 15.9 Å². The molecular weight excluding hydrogens is 412 g/mol. The number of nitrogens with zero attached hydrogens (tertiary/aromatic N) is 4. The summed E-state index contributed by atoms with van der Waals surface area (Å²) >= 11 is 0. The molecule has 1 amide bonds. The molecule has 3 rings (SSSR count). The van der Waals surface area contributed by atoms with Crippen molar-refractivity contribution in [2.24, 2.45) is 0 Å². The number of hydrogen-bond donors (Lipinski definition) is 2. The molecule has 0 radical (unpaired) electrons. The molecule has 0 aliphatic rings. The van der Waals surface area contributed by atoms with E-state index in [0.717, 1.165) is 0 Å². The van der Waals surface area contributed by atoms with Crippen LogP contribution in [-0.4, -0.2) is 48.3 Å². The number of ether oxygens (including phenoxy) is 2. The largest absolute Gasteiger partial charge is 0.481 e. The van der Waals surface area contributed by atoms with Crippen LogP contribution in [0.15, 0.2) is 47.5 Å². The van der Waals surface area contributed by atoms with Crippen LogP contribution < -0.4 is 19.5 Å². The van der Waals surface area contributed by atoms with Gasteiger partial charge >= 0.3 is 6.01 Å². The maximum absolute atomic E-state index is 12.7. The van der Waals surface area contributed by atoms with Crippen LogP contribution in [0.3, 0.4) is 0 Å². The van der Waals surface area contributed by atoms with Crippen LogP contribution >= 0.6 is 0 Å². The predicted octanol–water partition coefficient (Wildman–Crippen LogP) is 1.76. The van der Waals surface area contributed by atoms with Gasteiger partial charge in [-0.1, -0.05) is 0 Å². The maximum atomic E-state index is 12.7. The SMILES string of the molecule is CCn1nccc1C(=O)Nc1ccc(S(=O)(=O)Nc2cc(OC)nc(OC)n2)cc1. The quantitative estimate of drug-likeness (QED) is 0.549. The zero-order chi connectivity index (χ0) is 21.7. The molecule has 3 aromatic rings. The van der Waals surface area contributed by atoms with E-state index in [1.807, 2.05) is 6.92 Å². The zero-order valence-corrected chi connectivity index (χ0v) is 17.3. The Morgan fingerprint density at radius 2 is 1.83 bits per heavy atom. The van der Waals surface area contributed by atoms with Crippen molar-refractivity contribution in [3.05, 3.63) is 48.3 Å². The van der Waals surface area contributed by atoms with Crippen molar-refractivity contribution in [2.45, 2.75) is 18.4 Å². The number of sulfonamides is 1. The summed E-state index contributed by atoms with van der Waals surface area (Å²) in [4.78, 5) is 20.2. The second-order valence-electron chi connectivity index (χ2n) is 5.90. The van der Waals surface area contributed by atoms with E-state index in [1.165, 1.54) is 50.7 Å². The van der Waals surface area contributed by atoms with Gasteiger partial charge in [0.15, 0.2) is 5.82 Å². The number of rotatable bonds is 8. The van der Waals surface area contributed by atoms with Gasteiger partial charge in [0.05, 0.1) is 19.1 Å². The molecule has 0 saturated carbocycles. The Bertz CT molecular complexity index is 1120. The summed E-state index contributed by atoms with van der Waals surface area (Å²) in [6.45, 7) is 2.43. The fourth-order valence-corrected chi connectivity index (χ4v) is 3.53. The van der Waals surface area contributed by atoms with E-state index in [-0.39, 0.29) is 28.5 Å². The number of aromatic nitrogens is 4. The highest BCUT2D eigenvalue weighted by Gasteiger charge is 2.17. The van der Waals surface area contributed by atoms with E-state index < -0.39 is 10.0 Å². The van der Waals surface area contributed by atoms with Crippen LogP contribution in [-0.2, 0) is 16.6 Å². The number of carbonyl (C=O) groups excluding carboxylic acids is 1. The van der Waals surface area contributed by atoms with E-state index in [4.69, 9.17) is 9.47 Å². The van der Waals surface area contributed by atoms with Gasteiger partial charge in [-0.15, -0.1) is 0 Å². The van der Waals surface area contributed by atoms with Crippen LogP contribution in [0.5, 0.6) is 11.9 Å². The number of nitrogens with one attached hydrogen (secondary N) is 2. The van der Waals surface area contributed by atoms with Crippen molar-refractivity contribution >= 4 is 27.4 Å². The van der Waals surface area contributed by atoms with Gasteiger partial charge < -0.3 is 14.8 Å². The molecule has 0 fully saturated rings. The first kappa shape index (κ1) is 21.0.